The van der Waals surface area contributed by atoms with Gasteiger partial charge in [0.1, 0.15) is 0 Å². The second-order valence-corrected chi connectivity index (χ2v) is 4.74. The third-order valence-corrected chi connectivity index (χ3v) is 2.93. The van der Waals surface area contributed by atoms with Crippen molar-refractivity contribution in [2.75, 3.05) is 7.11 Å². The maximum absolute atomic E-state index is 11.2. The molecule has 0 amide bonds. The van der Waals surface area contributed by atoms with Crippen LogP contribution in [0.4, 0.5) is 0 Å². The minimum Gasteiger partial charge on any atom is -0.468 e. The van der Waals surface area contributed by atoms with Crippen molar-refractivity contribution < 1.29 is 17.9 Å². The number of thiocarbonyl (C=S) groups is 1. The first kappa shape index (κ1) is 13.1. The molecule has 0 aliphatic rings. The monoisotopic (exact) mass is 241 g/mol. The van der Waals surface area contributed by atoms with Crippen LogP contribution < -0.4 is 16.0 Å². The summed E-state index contributed by atoms with van der Waals surface area (Å²) >= 11 is 4.37. The summed E-state index contributed by atoms with van der Waals surface area (Å²) < 4.78 is 26.7. The standard InChI is InChI=1S/C5H11N3O4S2/c1-3(4(9)12-2)14(10,11)8-7-5(6)13/h3,8H,1-2H3,(H3,6,7,13). The number of rotatable bonds is 4. The molecule has 14 heavy (non-hydrogen) atoms. The Labute approximate surface area is 87.0 Å². The quantitative estimate of drug-likeness (QED) is 0.303. The first-order valence-electron chi connectivity index (χ1n) is 3.45. The van der Waals surface area contributed by atoms with Crippen LogP contribution in [0.25, 0.3) is 0 Å². The summed E-state index contributed by atoms with van der Waals surface area (Å²) in [5, 5.41) is -1.58. The Balaban J connectivity index is 4.47. The number of nitrogens with one attached hydrogen (secondary N) is 2. The maximum Gasteiger partial charge on any atom is 0.325 e. The van der Waals surface area contributed by atoms with Gasteiger partial charge >= 0.3 is 5.97 Å². The fraction of sp³-hybridized carbons (Fsp3) is 0.600. The number of methoxy groups -OCH3 is 1. The summed E-state index contributed by atoms with van der Waals surface area (Å²) in [4.78, 5) is 12.7. The lowest BCUT2D eigenvalue weighted by Gasteiger charge is -2.12. The number of hydrogen-bond donors (Lipinski definition) is 3. The molecule has 0 aromatic rings. The Morgan fingerprint density at radius 1 is 1.57 bits per heavy atom. The molecular weight excluding hydrogens is 230 g/mol. The SMILES string of the molecule is COC(=O)C(C)S(=O)(=O)NNC(N)=S. The van der Waals surface area contributed by atoms with E-state index < -0.39 is 21.2 Å². The lowest BCUT2D eigenvalue weighted by Crippen LogP contribution is -2.49. The Morgan fingerprint density at radius 2 is 2.07 bits per heavy atom. The van der Waals surface area contributed by atoms with Gasteiger partial charge in [0.05, 0.1) is 7.11 Å². The average molecular weight is 241 g/mol. The molecule has 0 bridgehead atoms. The van der Waals surface area contributed by atoms with Gasteiger partial charge in [-0.2, -0.15) is 0 Å². The first-order valence-corrected chi connectivity index (χ1v) is 5.40. The molecule has 82 valence electrons. The fourth-order valence-electron chi connectivity index (χ4n) is 0.502. The lowest BCUT2D eigenvalue weighted by molar-refractivity contribution is -0.139. The second-order valence-electron chi connectivity index (χ2n) is 2.30. The molecule has 9 heteroatoms. The van der Waals surface area contributed by atoms with Crippen molar-refractivity contribution >= 4 is 33.3 Å². The van der Waals surface area contributed by atoms with E-state index in [4.69, 9.17) is 5.73 Å². The van der Waals surface area contributed by atoms with E-state index in [0.717, 1.165) is 7.11 Å². The van der Waals surface area contributed by atoms with E-state index in [1.807, 2.05) is 10.3 Å². The van der Waals surface area contributed by atoms with Gasteiger partial charge in [-0.1, -0.05) is 0 Å². The molecule has 0 rings (SSSR count). The van der Waals surface area contributed by atoms with Gasteiger partial charge in [0.2, 0.25) is 10.0 Å². The fourth-order valence-corrected chi connectivity index (χ4v) is 1.40. The number of esters is 1. The van der Waals surface area contributed by atoms with E-state index in [9.17, 15) is 13.2 Å². The minimum absolute atomic E-state index is 0.245. The number of sulfonamides is 1. The normalized spacial score (nSPS) is 13.0. The summed E-state index contributed by atoms with van der Waals surface area (Å²) in [5.41, 5.74) is 6.99. The number of hydrazine groups is 1. The molecule has 0 spiro atoms. The molecular formula is C5H11N3O4S2. The van der Waals surface area contributed by atoms with Crippen molar-refractivity contribution in [1.29, 1.82) is 0 Å². The Morgan fingerprint density at radius 3 is 2.43 bits per heavy atom. The van der Waals surface area contributed by atoms with Gasteiger partial charge in [0, 0.05) is 0 Å². The number of carbonyl (C=O) groups is 1. The van der Waals surface area contributed by atoms with Crippen LogP contribution in [0.5, 0.6) is 0 Å². The predicted octanol–water partition coefficient (Wildman–Crippen LogP) is -1.78. The van der Waals surface area contributed by atoms with Crippen molar-refractivity contribution in [3.63, 3.8) is 0 Å². The largest absolute Gasteiger partial charge is 0.468 e. The third-order valence-electron chi connectivity index (χ3n) is 1.32. The lowest BCUT2D eigenvalue weighted by atomic mass is 10.5. The van der Waals surface area contributed by atoms with Crippen molar-refractivity contribution in [2.24, 2.45) is 5.73 Å². The molecule has 0 saturated heterocycles. The van der Waals surface area contributed by atoms with Crippen LogP contribution in [-0.4, -0.2) is 31.9 Å². The zero-order chi connectivity index (χ0) is 11.4. The Kier molecular flexibility index (Phi) is 4.74. The predicted molar refractivity (Wildman–Crippen MR) is 53.5 cm³/mol. The third kappa shape index (κ3) is 3.85. The van der Waals surface area contributed by atoms with Gasteiger partial charge < -0.3 is 10.5 Å². The van der Waals surface area contributed by atoms with E-state index in [-0.39, 0.29) is 5.11 Å². The summed E-state index contributed by atoms with van der Waals surface area (Å²) in [6.07, 6.45) is 0. The smallest absolute Gasteiger partial charge is 0.325 e. The van der Waals surface area contributed by atoms with Crippen molar-refractivity contribution in [3.8, 4) is 0 Å². The molecule has 0 fully saturated rings. The van der Waals surface area contributed by atoms with Crippen LogP contribution in [0, 0.1) is 0 Å². The summed E-state index contributed by atoms with van der Waals surface area (Å²) in [6.45, 7) is 1.18. The zero-order valence-electron chi connectivity index (χ0n) is 7.60. The molecule has 4 N–H and O–H groups in total. The van der Waals surface area contributed by atoms with Crippen LogP contribution >= 0.6 is 12.2 Å². The van der Waals surface area contributed by atoms with E-state index in [2.05, 4.69) is 17.0 Å². The van der Waals surface area contributed by atoms with Gasteiger partial charge in [-0.05, 0) is 19.1 Å². The summed E-state index contributed by atoms with van der Waals surface area (Å²) in [6, 6.07) is 0. The molecule has 0 aliphatic heterocycles. The maximum atomic E-state index is 11.2. The number of carbonyl (C=O) groups excluding carboxylic acids is 1. The summed E-state index contributed by atoms with van der Waals surface area (Å²) in [7, 11) is -2.78. The molecule has 7 nitrogen and oxygen atoms in total. The highest BCUT2D eigenvalue weighted by atomic mass is 32.2. The molecule has 0 aromatic heterocycles. The van der Waals surface area contributed by atoms with Crippen molar-refractivity contribution in [3.05, 3.63) is 0 Å². The van der Waals surface area contributed by atoms with E-state index >= 15 is 0 Å². The Hall–Kier alpha value is -0.930. The molecule has 0 radical (unpaired) electrons. The van der Waals surface area contributed by atoms with Gasteiger partial charge in [0.15, 0.2) is 10.4 Å². The number of ether oxygens (including phenoxy) is 1. The van der Waals surface area contributed by atoms with Crippen LogP contribution in [0.15, 0.2) is 0 Å². The van der Waals surface area contributed by atoms with E-state index in [1.165, 1.54) is 6.92 Å². The van der Waals surface area contributed by atoms with Crippen LogP contribution in [-0.2, 0) is 19.6 Å². The molecule has 1 unspecified atom stereocenters. The van der Waals surface area contributed by atoms with Crippen molar-refractivity contribution in [2.45, 2.75) is 12.2 Å². The van der Waals surface area contributed by atoms with Crippen molar-refractivity contribution in [1.82, 2.24) is 10.3 Å². The highest BCUT2D eigenvalue weighted by Gasteiger charge is 2.28. The minimum atomic E-state index is -3.87. The Bertz CT molecular complexity index is 326. The number of nitrogens with two attached hydrogens (primary N) is 1. The molecule has 0 saturated carbocycles. The van der Waals surface area contributed by atoms with Gasteiger partial charge in [-0.25, -0.2) is 8.42 Å². The molecule has 0 aliphatic carbocycles. The number of hydrogen-bond acceptors (Lipinski definition) is 5. The van der Waals surface area contributed by atoms with E-state index in [1.54, 1.807) is 0 Å². The zero-order valence-corrected chi connectivity index (χ0v) is 9.24. The van der Waals surface area contributed by atoms with Gasteiger partial charge in [0.25, 0.3) is 0 Å². The van der Waals surface area contributed by atoms with E-state index in [0.29, 0.717) is 0 Å². The van der Waals surface area contributed by atoms with Crippen LogP contribution in [0.3, 0.4) is 0 Å². The van der Waals surface area contributed by atoms with Gasteiger partial charge in [-0.3, -0.25) is 10.2 Å². The highest BCUT2D eigenvalue weighted by molar-refractivity contribution is 7.90. The van der Waals surface area contributed by atoms with Crippen LogP contribution in [0.1, 0.15) is 6.92 Å². The molecule has 0 heterocycles. The first-order chi connectivity index (χ1) is 6.31. The van der Waals surface area contributed by atoms with Crippen LogP contribution in [0.2, 0.25) is 0 Å². The van der Waals surface area contributed by atoms with Gasteiger partial charge in [-0.15, -0.1) is 4.83 Å². The second kappa shape index (κ2) is 5.08. The molecule has 0 aromatic carbocycles. The average Bonchev–Trinajstić information content (AvgIpc) is 2.12. The highest BCUT2D eigenvalue weighted by Crippen LogP contribution is 1.98. The topological polar surface area (TPSA) is 111 Å². The summed E-state index contributed by atoms with van der Waals surface area (Å²) in [5.74, 6) is -0.873. The molecule has 1 atom stereocenters.